The van der Waals surface area contributed by atoms with Gasteiger partial charge in [-0.05, 0) is 54.6 Å². The van der Waals surface area contributed by atoms with Crippen LogP contribution in [-0.2, 0) is 16.1 Å². The Labute approximate surface area is 172 Å². The van der Waals surface area contributed by atoms with E-state index in [4.69, 9.17) is 9.90 Å². The van der Waals surface area contributed by atoms with Crippen LogP contribution in [0.5, 0.6) is 0 Å². The standard InChI is InChI=1S/C18H26N2OS.C2HF3O2/c1-3-10-20-17(21)6-9-18(20)8-5-11-19(16(18)4-2)13-15-7-12-22-14-15;3-2(4,5)1(6)7/h3,7,12,14,16H,1,4-6,8-11,13H2,2H3;(H,6,7)/t16-,18-;/m0./s1. The van der Waals surface area contributed by atoms with Gasteiger partial charge in [0.2, 0.25) is 5.91 Å². The maximum absolute atomic E-state index is 12.4. The molecule has 5 nitrogen and oxygen atoms in total. The molecule has 0 bridgehead atoms. The maximum atomic E-state index is 12.4. The Morgan fingerprint density at radius 3 is 2.66 bits per heavy atom. The SMILES string of the molecule is C=CCN1C(=O)CC[C@]12CCCN(Cc1ccsc1)[C@H]2CC.O=C(O)C(F)(F)F. The molecule has 162 valence electrons. The number of carboxylic acid groups (broad SMARTS) is 1. The predicted molar refractivity (Wildman–Crippen MR) is 106 cm³/mol. The molecule has 2 aliphatic rings. The van der Waals surface area contributed by atoms with Gasteiger partial charge in [0.15, 0.2) is 0 Å². The van der Waals surface area contributed by atoms with Crippen LogP contribution in [0.25, 0.3) is 0 Å². The zero-order valence-electron chi connectivity index (χ0n) is 16.5. The summed E-state index contributed by atoms with van der Waals surface area (Å²) < 4.78 is 31.7. The lowest BCUT2D eigenvalue weighted by atomic mass is 9.77. The Morgan fingerprint density at radius 1 is 1.45 bits per heavy atom. The Morgan fingerprint density at radius 2 is 2.14 bits per heavy atom. The zero-order chi connectivity index (χ0) is 21.7. The summed E-state index contributed by atoms with van der Waals surface area (Å²) in [6, 6.07) is 2.69. The van der Waals surface area contributed by atoms with Gasteiger partial charge in [0.25, 0.3) is 0 Å². The van der Waals surface area contributed by atoms with Gasteiger partial charge < -0.3 is 10.0 Å². The first kappa shape index (κ1) is 23.4. The average molecular weight is 433 g/mol. The van der Waals surface area contributed by atoms with Crippen molar-refractivity contribution < 1.29 is 27.9 Å². The summed E-state index contributed by atoms with van der Waals surface area (Å²) in [6.45, 7) is 8.99. The van der Waals surface area contributed by atoms with Crippen molar-refractivity contribution in [2.45, 2.75) is 63.3 Å². The summed E-state index contributed by atoms with van der Waals surface area (Å²) in [6.07, 6.45) is 1.95. The molecule has 0 aliphatic carbocycles. The van der Waals surface area contributed by atoms with E-state index in [0.29, 0.717) is 24.9 Å². The number of carbonyl (C=O) groups excluding carboxylic acids is 1. The normalized spacial score (nSPS) is 25.0. The molecule has 2 aliphatic heterocycles. The zero-order valence-corrected chi connectivity index (χ0v) is 17.3. The van der Waals surface area contributed by atoms with Gasteiger partial charge in [-0.2, -0.15) is 24.5 Å². The number of thiophene rings is 1. The second kappa shape index (κ2) is 9.75. The number of aliphatic carboxylic acids is 1. The molecule has 1 N–H and O–H groups in total. The van der Waals surface area contributed by atoms with Crippen LogP contribution < -0.4 is 0 Å². The van der Waals surface area contributed by atoms with Crippen LogP contribution in [0.2, 0.25) is 0 Å². The van der Waals surface area contributed by atoms with Crippen molar-refractivity contribution in [1.29, 1.82) is 0 Å². The van der Waals surface area contributed by atoms with Crippen LogP contribution in [0, 0.1) is 0 Å². The third-order valence-electron chi connectivity index (χ3n) is 5.63. The monoisotopic (exact) mass is 432 g/mol. The number of piperidine rings is 1. The number of likely N-dealkylation sites (tertiary alicyclic amines) is 2. The van der Waals surface area contributed by atoms with Crippen LogP contribution in [0.15, 0.2) is 29.5 Å². The highest BCUT2D eigenvalue weighted by Crippen LogP contribution is 2.43. The van der Waals surface area contributed by atoms with E-state index in [1.165, 1.54) is 12.0 Å². The van der Waals surface area contributed by atoms with E-state index >= 15 is 0 Å². The smallest absolute Gasteiger partial charge is 0.475 e. The van der Waals surface area contributed by atoms with Gasteiger partial charge in [-0.3, -0.25) is 9.69 Å². The molecule has 1 aromatic rings. The minimum atomic E-state index is -5.08. The van der Waals surface area contributed by atoms with Crippen LogP contribution in [0.4, 0.5) is 13.2 Å². The Kier molecular flexibility index (Phi) is 7.87. The minimum absolute atomic E-state index is 0.0360. The summed E-state index contributed by atoms with van der Waals surface area (Å²) in [5.74, 6) is -2.44. The number of alkyl halides is 3. The summed E-state index contributed by atoms with van der Waals surface area (Å²) in [7, 11) is 0. The highest BCUT2D eigenvalue weighted by molar-refractivity contribution is 7.07. The first-order valence-corrected chi connectivity index (χ1v) is 10.6. The highest BCUT2D eigenvalue weighted by Gasteiger charge is 2.52. The van der Waals surface area contributed by atoms with E-state index in [2.05, 4.69) is 40.1 Å². The van der Waals surface area contributed by atoms with Crippen LogP contribution in [0.3, 0.4) is 0 Å². The number of nitrogens with zero attached hydrogens (tertiary/aromatic N) is 2. The van der Waals surface area contributed by atoms with Crippen molar-refractivity contribution in [1.82, 2.24) is 9.80 Å². The number of rotatable bonds is 5. The molecule has 3 heterocycles. The third kappa shape index (κ3) is 5.39. The van der Waals surface area contributed by atoms with Crippen molar-refractivity contribution in [3.05, 3.63) is 35.0 Å². The van der Waals surface area contributed by atoms with Crippen molar-refractivity contribution >= 4 is 23.2 Å². The van der Waals surface area contributed by atoms with Gasteiger partial charge in [0.1, 0.15) is 0 Å². The summed E-state index contributed by atoms with van der Waals surface area (Å²) >= 11 is 1.77. The fourth-order valence-electron chi connectivity index (χ4n) is 4.56. The molecule has 1 spiro atoms. The van der Waals surface area contributed by atoms with Gasteiger partial charge in [0.05, 0.1) is 5.54 Å². The molecule has 2 fully saturated rings. The molecule has 0 aromatic carbocycles. The molecular weight excluding hydrogens is 405 g/mol. The molecule has 9 heteroatoms. The summed E-state index contributed by atoms with van der Waals surface area (Å²) in [4.78, 5) is 26.0. The van der Waals surface area contributed by atoms with Gasteiger partial charge in [-0.1, -0.05) is 13.0 Å². The molecule has 2 atom stereocenters. The van der Waals surface area contributed by atoms with Gasteiger partial charge >= 0.3 is 12.1 Å². The van der Waals surface area contributed by atoms with Gasteiger partial charge in [-0.15, -0.1) is 6.58 Å². The van der Waals surface area contributed by atoms with Crippen molar-refractivity contribution in [2.24, 2.45) is 0 Å². The molecule has 1 amide bonds. The van der Waals surface area contributed by atoms with E-state index in [9.17, 15) is 18.0 Å². The van der Waals surface area contributed by atoms with Crippen molar-refractivity contribution in [2.75, 3.05) is 13.1 Å². The minimum Gasteiger partial charge on any atom is -0.475 e. The summed E-state index contributed by atoms with van der Waals surface area (Å²) in [5, 5.41) is 11.5. The Balaban J connectivity index is 0.000000370. The van der Waals surface area contributed by atoms with E-state index in [1.807, 2.05) is 6.08 Å². The van der Waals surface area contributed by atoms with Crippen LogP contribution in [-0.4, -0.2) is 57.6 Å². The second-order valence-electron chi connectivity index (χ2n) is 7.33. The number of hydrogen-bond donors (Lipinski definition) is 1. The largest absolute Gasteiger partial charge is 0.490 e. The predicted octanol–water partition coefficient (Wildman–Crippen LogP) is 4.30. The third-order valence-corrected chi connectivity index (χ3v) is 6.37. The molecule has 1 aromatic heterocycles. The van der Waals surface area contributed by atoms with E-state index in [-0.39, 0.29) is 5.54 Å². The Bertz CT molecular complexity index is 708. The molecule has 0 saturated carbocycles. The van der Waals surface area contributed by atoms with Gasteiger partial charge in [-0.25, -0.2) is 4.79 Å². The second-order valence-corrected chi connectivity index (χ2v) is 8.11. The summed E-state index contributed by atoms with van der Waals surface area (Å²) in [5.41, 5.74) is 1.44. The van der Waals surface area contributed by atoms with Crippen molar-refractivity contribution in [3.8, 4) is 0 Å². The number of halogens is 3. The number of carbonyl (C=O) groups is 2. The highest BCUT2D eigenvalue weighted by atomic mass is 32.1. The van der Waals surface area contributed by atoms with Crippen LogP contribution in [0.1, 0.15) is 44.6 Å². The van der Waals surface area contributed by atoms with Gasteiger partial charge in [0, 0.05) is 25.6 Å². The average Bonchev–Trinajstić information content (AvgIpc) is 3.26. The maximum Gasteiger partial charge on any atom is 0.490 e. The number of carboxylic acids is 1. The van der Waals surface area contributed by atoms with E-state index < -0.39 is 12.1 Å². The van der Waals surface area contributed by atoms with E-state index in [1.54, 1.807) is 11.3 Å². The fraction of sp³-hybridized carbons (Fsp3) is 0.600. The molecule has 29 heavy (non-hydrogen) atoms. The van der Waals surface area contributed by atoms with Crippen molar-refractivity contribution in [3.63, 3.8) is 0 Å². The topological polar surface area (TPSA) is 60.9 Å². The molecule has 2 saturated heterocycles. The lowest BCUT2D eigenvalue weighted by molar-refractivity contribution is -0.192. The first-order valence-electron chi connectivity index (χ1n) is 9.62. The molecule has 0 unspecified atom stereocenters. The van der Waals surface area contributed by atoms with E-state index in [0.717, 1.165) is 32.4 Å². The molecule has 0 radical (unpaired) electrons. The molecule has 3 rings (SSSR count). The van der Waals surface area contributed by atoms with Crippen LogP contribution >= 0.6 is 11.3 Å². The number of hydrogen-bond acceptors (Lipinski definition) is 4. The fourth-order valence-corrected chi connectivity index (χ4v) is 5.22. The Hall–Kier alpha value is -1.87. The number of amides is 1. The first-order chi connectivity index (χ1) is 13.7. The quantitative estimate of drug-likeness (QED) is 0.705. The lowest BCUT2D eigenvalue weighted by Gasteiger charge is -2.52. The molecular formula is C20H27F3N2O3S. The lowest BCUT2D eigenvalue weighted by Crippen LogP contribution is -2.62.